The summed E-state index contributed by atoms with van der Waals surface area (Å²) < 4.78 is 7.18. The lowest BCUT2D eigenvalue weighted by Crippen LogP contribution is -2.00. The van der Waals surface area contributed by atoms with Gasteiger partial charge in [0.15, 0.2) is 0 Å². The molecule has 0 spiro atoms. The van der Waals surface area contributed by atoms with E-state index in [0.717, 1.165) is 17.0 Å². The SMILES string of the molecule is COc1ccccc1-c1nn(C(C)C)cc1N. The Kier molecular flexibility index (Phi) is 3.04. The summed E-state index contributed by atoms with van der Waals surface area (Å²) in [5, 5.41) is 4.50. The highest BCUT2D eigenvalue weighted by Gasteiger charge is 2.13. The second-order valence-electron chi connectivity index (χ2n) is 4.21. The molecule has 1 aromatic carbocycles. The number of methoxy groups -OCH3 is 1. The van der Waals surface area contributed by atoms with Crippen LogP contribution in [0.3, 0.4) is 0 Å². The van der Waals surface area contributed by atoms with Gasteiger partial charge in [-0.15, -0.1) is 0 Å². The third-order valence-corrected chi connectivity index (χ3v) is 2.65. The number of nitrogens with two attached hydrogens (primary N) is 1. The van der Waals surface area contributed by atoms with Crippen LogP contribution >= 0.6 is 0 Å². The maximum absolute atomic E-state index is 6.00. The Bertz CT molecular complexity index is 517. The summed E-state index contributed by atoms with van der Waals surface area (Å²) >= 11 is 0. The molecule has 2 aromatic rings. The molecule has 0 radical (unpaired) electrons. The summed E-state index contributed by atoms with van der Waals surface area (Å²) in [6.07, 6.45) is 1.85. The Morgan fingerprint density at radius 2 is 2.00 bits per heavy atom. The molecule has 0 saturated carbocycles. The number of hydrogen-bond acceptors (Lipinski definition) is 3. The zero-order valence-corrected chi connectivity index (χ0v) is 10.3. The second kappa shape index (κ2) is 4.49. The van der Waals surface area contributed by atoms with Gasteiger partial charge in [-0.2, -0.15) is 5.10 Å². The highest BCUT2D eigenvalue weighted by Crippen LogP contribution is 2.32. The Morgan fingerprint density at radius 3 is 2.59 bits per heavy atom. The number of nitrogen functional groups attached to an aromatic ring is 1. The number of para-hydroxylation sites is 1. The van der Waals surface area contributed by atoms with Gasteiger partial charge in [-0.3, -0.25) is 4.68 Å². The van der Waals surface area contributed by atoms with E-state index in [4.69, 9.17) is 10.5 Å². The first kappa shape index (κ1) is 11.5. The zero-order valence-electron chi connectivity index (χ0n) is 10.3. The van der Waals surface area contributed by atoms with Gasteiger partial charge < -0.3 is 10.5 Å². The van der Waals surface area contributed by atoms with Gasteiger partial charge in [-0.1, -0.05) is 12.1 Å². The van der Waals surface area contributed by atoms with Crippen molar-refractivity contribution in [3.8, 4) is 17.0 Å². The number of anilines is 1. The summed E-state index contributed by atoms with van der Waals surface area (Å²) in [5.74, 6) is 0.785. The molecule has 2 N–H and O–H groups in total. The van der Waals surface area contributed by atoms with Crippen molar-refractivity contribution in [2.75, 3.05) is 12.8 Å². The summed E-state index contributed by atoms with van der Waals surface area (Å²) in [6, 6.07) is 8.04. The Hall–Kier alpha value is -1.97. The quantitative estimate of drug-likeness (QED) is 0.883. The number of hydrogen-bond donors (Lipinski definition) is 1. The average Bonchev–Trinajstić information content (AvgIpc) is 2.71. The molecule has 0 atom stereocenters. The average molecular weight is 231 g/mol. The van der Waals surface area contributed by atoms with Gasteiger partial charge in [-0.05, 0) is 26.0 Å². The molecule has 0 aliphatic heterocycles. The van der Waals surface area contributed by atoms with Gasteiger partial charge in [-0.25, -0.2) is 0 Å². The van der Waals surface area contributed by atoms with Crippen LogP contribution in [-0.4, -0.2) is 16.9 Å². The summed E-state index contributed by atoms with van der Waals surface area (Å²) in [5.41, 5.74) is 8.36. The highest BCUT2D eigenvalue weighted by atomic mass is 16.5. The van der Waals surface area contributed by atoms with E-state index in [1.165, 1.54) is 0 Å². The van der Waals surface area contributed by atoms with E-state index in [9.17, 15) is 0 Å². The summed E-state index contributed by atoms with van der Waals surface area (Å²) in [7, 11) is 1.65. The fourth-order valence-electron chi connectivity index (χ4n) is 1.72. The number of nitrogens with zero attached hydrogens (tertiary/aromatic N) is 2. The second-order valence-corrected chi connectivity index (χ2v) is 4.21. The minimum atomic E-state index is 0.292. The third kappa shape index (κ3) is 2.11. The zero-order chi connectivity index (χ0) is 12.4. The van der Waals surface area contributed by atoms with Gasteiger partial charge in [0.1, 0.15) is 11.4 Å². The number of rotatable bonds is 3. The molecule has 0 fully saturated rings. The standard InChI is InChI=1S/C13H17N3O/c1-9(2)16-8-11(14)13(15-16)10-6-4-5-7-12(10)17-3/h4-9H,14H2,1-3H3. The maximum Gasteiger partial charge on any atom is 0.128 e. The topological polar surface area (TPSA) is 53.1 Å². The van der Waals surface area contributed by atoms with Crippen molar-refractivity contribution < 1.29 is 4.74 Å². The van der Waals surface area contributed by atoms with Crippen molar-refractivity contribution >= 4 is 5.69 Å². The molecule has 0 bridgehead atoms. The van der Waals surface area contributed by atoms with E-state index in [0.29, 0.717) is 11.7 Å². The molecule has 4 heteroatoms. The van der Waals surface area contributed by atoms with Crippen LogP contribution in [0.25, 0.3) is 11.3 Å². The van der Waals surface area contributed by atoms with Crippen LogP contribution in [0.1, 0.15) is 19.9 Å². The smallest absolute Gasteiger partial charge is 0.128 e. The third-order valence-electron chi connectivity index (χ3n) is 2.65. The van der Waals surface area contributed by atoms with Crippen LogP contribution < -0.4 is 10.5 Å². The van der Waals surface area contributed by atoms with Crippen molar-refractivity contribution in [3.63, 3.8) is 0 Å². The van der Waals surface area contributed by atoms with Crippen LogP contribution in [0.15, 0.2) is 30.5 Å². The predicted molar refractivity (Wildman–Crippen MR) is 69.0 cm³/mol. The molecule has 1 aromatic heterocycles. The van der Waals surface area contributed by atoms with E-state index in [1.54, 1.807) is 7.11 Å². The lowest BCUT2D eigenvalue weighted by atomic mass is 10.1. The predicted octanol–water partition coefficient (Wildman–Crippen LogP) is 2.72. The largest absolute Gasteiger partial charge is 0.496 e. The molecular weight excluding hydrogens is 214 g/mol. The van der Waals surface area contributed by atoms with Crippen molar-refractivity contribution in [3.05, 3.63) is 30.5 Å². The van der Waals surface area contributed by atoms with Crippen LogP contribution in [0.4, 0.5) is 5.69 Å². The van der Waals surface area contributed by atoms with Gasteiger partial charge >= 0.3 is 0 Å². The maximum atomic E-state index is 6.00. The monoisotopic (exact) mass is 231 g/mol. The first-order valence-corrected chi connectivity index (χ1v) is 5.61. The first-order valence-electron chi connectivity index (χ1n) is 5.61. The van der Waals surface area contributed by atoms with E-state index in [2.05, 4.69) is 18.9 Å². The summed E-state index contributed by atoms with van der Waals surface area (Å²) in [4.78, 5) is 0. The van der Waals surface area contributed by atoms with E-state index in [1.807, 2.05) is 35.1 Å². The van der Waals surface area contributed by atoms with Crippen LogP contribution in [-0.2, 0) is 0 Å². The fourth-order valence-corrected chi connectivity index (χ4v) is 1.72. The van der Waals surface area contributed by atoms with Crippen LogP contribution in [0.5, 0.6) is 5.75 Å². The van der Waals surface area contributed by atoms with Crippen LogP contribution in [0, 0.1) is 0 Å². The molecule has 4 nitrogen and oxygen atoms in total. The molecule has 0 unspecified atom stereocenters. The lowest BCUT2D eigenvalue weighted by molar-refractivity contribution is 0.416. The normalized spacial score (nSPS) is 10.8. The van der Waals surface area contributed by atoms with E-state index in [-0.39, 0.29) is 0 Å². The van der Waals surface area contributed by atoms with E-state index < -0.39 is 0 Å². The molecule has 17 heavy (non-hydrogen) atoms. The molecular formula is C13H17N3O. The fraction of sp³-hybridized carbons (Fsp3) is 0.308. The lowest BCUT2D eigenvalue weighted by Gasteiger charge is -2.06. The van der Waals surface area contributed by atoms with Crippen molar-refractivity contribution in [2.45, 2.75) is 19.9 Å². The minimum absolute atomic E-state index is 0.292. The molecule has 1 heterocycles. The van der Waals surface area contributed by atoms with Crippen molar-refractivity contribution in [1.82, 2.24) is 9.78 Å². The van der Waals surface area contributed by atoms with Crippen LogP contribution in [0.2, 0.25) is 0 Å². The molecule has 2 rings (SSSR count). The molecule has 0 saturated heterocycles. The van der Waals surface area contributed by atoms with Crippen molar-refractivity contribution in [2.24, 2.45) is 0 Å². The molecule has 90 valence electrons. The van der Waals surface area contributed by atoms with Crippen molar-refractivity contribution in [1.29, 1.82) is 0 Å². The first-order chi connectivity index (χ1) is 8.13. The number of benzene rings is 1. The highest BCUT2D eigenvalue weighted by molar-refractivity contribution is 5.76. The minimum Gasteiger partial charge on any atom is -0.496 e. The Morgan fingerprint density at radius 1 is 1.29 bits per heavy atom. The Balaban J connectivity index is 2.52. The number of ether oxygens (including phenoxy) is 1. The number of aromatic nitrogens is 2. The van der Waals surface area contributed by atoms with Gasteiger partial charge in [0, 0.05) is 17.8 Å². The summed E-state index contributed by atoms with van der Waals surface area (Å²) in [6.45, 7) is 4.14. The van der Waals surface area contributed by atoms with E-state index >= 15 is 0 Å². The molecule has 0 aliphatic carbocycles. The van der Waals surface area contributed by atoms with Gasteiger partial charge in [0.2, 0.25) is 0 Å². The van der Waals surface area contributed by atoms with Gasteiger partial charge in [0.05, 0.1) is 12.8 Å². The Labute approximate surface area is 101 Å². The molecule has 0 aliphatic rings. The van der Waals surface area contributed by atoms with Gasteiger partial charge in [0.25, 0.3) is 0 Å². The molecule has 0 amide bonds.